The largest absolute Gasteiger partial charge is 0.493 e. The van der Waals surface area contributed by atoms with Crippen LogP contribution in [0.3, 0.4) is 0 Å². The second-order valence-corrected chi connectivity index (χ2v) is 5.26. The molecule has 1 aromatic carbocycles. The fourth-order valence-corrected chi connectivity index (χ4v) is 2.09. The summed E-state index contributed by atoms with van der Waals surface area (Å²) in [7, 11) is 1.52. The Balaban J connectivity index is 1.95. The van der Waals surface area contributed by atoms with Gasteiger partial charge >= 0.3 is 0 Å². The number of amides is 1. The van der Waals surface area contributed by atoms with Crippen molar-refractivity contribution in [3.63, 3.8) is 0 Å². The van der Waals surface area contributed by atoms with Gasteiger partial charge in [-0.05, 0) is 36.5 Å². The van der Waals surface area contributed by atoms with Gasteiger partial charge in [0.15, 0.2) is 18.1 Å². The highest BCUT2D eigenvalue weighted by Crippen LogP contribution is 2.36. The highest BCUT2D eigenvalue weighted by Gasteiger charge is 2.21. The number of benzene rings is 1. The van der Waals surface area contributed by atoms with Crippen molar-refractivity contribution in [1.29, 1.82) is 0 Å². The Kier molecular flexibility index (Phi) is 5.09. The predicted molar refractivity (Wildman–Crippen MR) is 77.1 cm³/mol. The van der Waals surface area contributed by atoms with Crippen LogP contribution in [0, 0.1) is 5.92 Å². The summed E-state index contributed by atoms with van der Waals surface area (Å²) in [6.45, 7) is 1.00. The van der Waals surface area contributed by atoms with Crippen LogP contribution < -0.4 is 20.5 Å². The van der Waals surface area contributed by atoms with Crippen LogP contribution in [0.5, 0.6) is 11.5 Å². The lowest BCUT2D eigenvalue weighted by molar-refractivity contribution is -0.123. The average Bonchev–Trinajstić information content (AvgIpc) is 3.27. The third kappa shape index (κ3) is 4.02. The Hall–Kier alpha value is -1.46. The SMILES string of the molecule is COc1cc(CN)cc(Cl)c1OCC(=O)NCC1CC1. The van der Waals surface area contributed by atoms with Gasteiger partial charge in [-0.25, -0.2) is 0 Å². The number of methoxy groups -OCH3 is 1. The highest BCUT2D eigenvalue weighted by molar-refractivity contribution is 6.32. The average molecular weight is 299 g/mol. The van der Waals surface area contributed by atoms with Gasteiger partial charge in [0.2, 0.25) is 0 Å². The highest BCUT2D eigenvalue weighted by atomic mass is 35.5. The molecule has 20 heavy (non-hydrogen) atoms. The first-order valence-corrected chi connectivity index (χ1v) is 6.97. The van der Waals surface area contributed by atoms with Gasteiger partial charge in [-0.3, -0.25) is 4.79 Å². The molecule has 0 aliphatic heterocycles. The molecule has 0 heterocycles. The first-order valence-electron chi connectivity index (χ1n) is 6.60. The van der Waals surface area contributed by atoms with Gasteiger partial charge in [0.25, 0.3) is 5.91 Å². The number of hydrogen-bond acceptors (Lipinski definition) is 4. The van der Waals surface area contributed by atoms with Crippen LogP contribution in [0.25, 0.3) is 0 Å². The smallest absolute Gasteiger partial charge is 0.257 e. The van der Waals surface area contributed by atoms with E-state index < -0.39 is 0 Å². The van der Waals surface area contributed by atoms with Crippen molar-refractivity contribution < 1.29 is 14.3 Å². The number of rotatable bonds is 7. The van der Waals surface area contributed by atoms with E-state index in [1.165, 1.54) is 20.0 Å². The molecule has 0 bridgehead atoms. The van der Waals surface area contributed by atoms with E-state index in [0.29, 0.717) is 29.0 Å². The first-order chi connectivity index (χ1) is 9.63. The monoisotopic (exact) mass is 298 g/mol. The van der Waals surface area contributed by atoms with Gasteiger partial charge in [0.05, 0.1) is 12.1 Å². The molecule has 6 heteroatoms. The predicted octanol–water partition coefficient (Wildman–Crippen LogP) is 1.71. The maximum Gasteiger partial charge on any atom is 0.257 e. The maximum absolute atomic E-state index is 11.6. The quantitative estimate of drug-likeness (QED) is 0.804. The van der Waals surface area contributed by atoms with E-state index in [0.717, 1.165) is 12.1 Å². The molecule has 0 spiro atoms. The fraction of sp³-hybridized carbons (Fsp3) is 0.500. The molecular weight excluding hydrogens is 280 g/mol. The molecule has 1 aromatic rings. The number of halogens is 1. The lowest BCUT2D eigenvalue weighted by Gasteiger charge is -2.13. The molecule has 1 amide bonds. The second-order valence-electron chi connectivity index (χ2n) is 4.85. The Labute approximate surface area is 123 Å². The number of nitrogens with one attached hydrogen (secondary N) is 1. The van der Waals surface area contributed by atoms with E-state index in [-0.39, 0.29) is 12.5 Å². The summed E-state index contributed by atoms with van der Waals surface area (Å²) in [5.41, 5.74) is 6.41. The summed E-state index contributed by atoms with van der Waals surface area (Å²) in [6, 6.07) is 3.46. The van der Waals surface area contributed by atoms with Gasteiger partial charge in [0.1, 0.15) is 0 Å². The molecule has 5 nitrogen and oxygen atoms in total. The zero-order chi connectivity index (χ0) is 14.5. The van der Waals surface area contributed by atoms with Crippen LogP contribution in [0.15, 0.2) is 12.1 Å². The van der Waals surface area contributed by atoms with Crippen LogP contribution in [0.2, 0.25) is 5.02 Å². The molecule has 3 N–H and O–H groups in total. The lowest BCUT2D eigenvalue weighted by atomic mass is 10.2. The molecule has 0 radical (unpaired) electrons. The van der Waals surface area contributed by atoms with Gasteiger partial charge in [-0.15, -0.1) is 0 Å². The van der Waals surface area contributed by atoms with E-state index >= 15 is 0 Å². The first kappa shape index (κ1) is 14.9. The Morgan fingerprint density at radius 1 is 1.50 bits per heavy atom. The summed E-state index contributed by atoms with van der Waals surface area (Å²) >= 11 is 6.12. The Morgan fingerprint density at radius 2 is 2.25 bits per heavy atom. The van der Waals surface area contributed by atoms with E-state index in [2.05, 4.69) is 5.32 Å². The second kappa shape index (κ2) is 6.81. The topological polar surface area (TPSA) is 73.6 Å². The third-order valence-electron chi connectivity index (χ3n) is 3.16. The van der Waals surface area contributed by atoms with Gasteiger partial charge in [-0.1, -0.05) is 11.6 Å². The fourth-order valence-electron chi connectivity index (χ4n) is 1.80. The minimum absolute atomic E-state index is 0.0786. The standard InChI is InChI=1S/C14H19ClN2O3/c1-19-12-5-10(6-16)4-11(15)14(12)20-8-13(18)17-7-9-2-3-9/h4-5,9H,2-3,6-8,16H2,1H3,(H,17,18). The number of carbonyl (C=O) groups excluding carboxylic acids is 1. The molecule has 1 aliphatic carbocycles. The van der Waals surface area contributed by atoms with E-state index in [1.54, 1.807) is 12.1 Å². The van der Waals surface area contributed by atoms with Gasteiger partial charge in [-0.2, -0.15) is 0 Å². The van der Waals surface area contributed by atoms with Crippen LogP contribution >= 0.6 is 11.6 Å². The van der Waals surface area contributed by atoms with E-state index in [4.69, 9.17) is 26.8 Å². The van der Waals surface area contributed by atoms with Crippen molar-refractivity contribution >= 4 is 17.5 Å². The number of nitrogens with two attached hydrogens (primary N) is 1. The van der Waals surface area contributed by atoms with Crippen molar-refractivity contribution in [3.05, 3.63) is 22.7 Å². The van der Waals surface area contributed by atoms with Crippen LogP contribution in [-0.4, -0.2) is 26.2 Å². The summed E-state index contributed by atoms with van der Waals surface area (Å²) < 4.78 is 10.7. The van der Waals surface area contributed by atoms with E-state index in [9.17, 15) is 4.79 Å². The molecule has 110 valence electrons. The summed E-state index contributed by atoms with van der Waals surface area (Å²) in [5.74, 6) is 1.33. The van der Waals surface area contributed by atoms with Crippen molar-refractivity contribution in [2.24, 2.45) is 11.7 Å². The van der Waals surface area contributed by atoms with Crippen LogP contribution in [0.4, 0.5) is 0 Å². The van der Waals surface area contributed by atoms with Gasteiger partial charge in [0, 0.05) is 13.1 Å². The van der Waals surface area contributed by atoms with Gasteiger partial charge < -0.3 is 20.5 Å². The normalized spacial score (nSPS) is 13.9. The molecule has 2 rings (SSSR count). The van der Waals surface area contributed by atoms with Crippen LogP contribution in [-0.2, 0) is 11.3 Å². The third-order valence-corrected chi connectivity index (χ3v) is 3.44. The van der Waals surface area contributed by atoms with Crippen molar-refractivity contribution in [2.75, 3.05) is 20.3 Å². The van der Waals surface area contributed by atoms with Crippen LogP contribution in [0.1, 0.15) is 18.4 Å². The minimum atomic E-state index is -0.155. The zero-order valence-electron chi connectivity index (χ0n) is 11.4. The molecule has 0 unspecified atom stereocenters. The molecule has 1 saturated carbocycles. The molecule has 0 aromatic heterocycles. The Morgan fingerprint density at radius 3 is 2.85 bits per heavy atom. The molecular formula is C14H19ClN2O3. The number of carbonyl (C=O) groups is 1. The number of ether oxygens (including phenoxy) is 2. The van der Waals surface area contributed by atoms with Crippen molar-refractivity contribution in [3.8, 4) is 11.5 Å². The van der Waals surface area contributed by atoms with Crippen molar-refractivity contribution in [1.82, 2.24) is 5.32 Å². The van der Waals surface area contributed by atoms with E-state index in [1.807, 2.05) is 0 Å². The zero-order valence-corrected chi connectivity index (χ0v) is 12.2. The maximum atomic E-state index is 11.6. The summed E-state index contributed by atoms with van der Waals surface area (Å²) in [6.07, 6.45) is 2.39. The molecule has 1 fully saturated rings. The molecule has 1 aliphatic rings. The Bertz CT molecular complexity index is 490. The molecule has 0 saturated heterocycles. The lowest BCUT2D eigenvalue weighted by Crippen LogP contribution is -2.30. The summed E-state index contributed by atoms with van der Waals surface area (Å²) in [5, 5.41) is 3.22. The minimum Gasteiger partial charge on any atom is -0.493 e. The summed E-state index contributed by atoms with van der Waals surface area (Å²) in [4.78, 5) is 11.6. The number of hydrogen-bond donors (Lipinski definition) is 2. The molecule has 0 atom stereocenters. The van der Waals surface area contributed by atoms with Crippen molar-refractivity contribution in [2.45, 2.75) is 19.4 Å².